The highest BCUT2D eigenvalue weighted by atomic mass is 19.4. The van der Waals surface area contributed by atoms with E-state index >= 15 is 0 Å². The van der Waals surface area contributed by atoms with Crippen LogP contribution < -0.4 is 5.32 Å². The Kier molecular flexibility index (Phi) is 3.65. The van der Waals surface area contributed by atoms with Crippen LogP contribution in [0.2, 0.25) is 0 Å². The summed E-state index contributed by atoms with van der Waals surface area (Å²) in [5, 5.41) is 2.60. The molecule has 0 saturated carbocycles. The van der Waals surface area contributed by atoms with Gasteiger partial charge in [-0.2, -0.15) is 13.2 Å². The molecule has 0 bridgehead atoms. The lowest BCUT2D eigenvalue weighted by Crippen LogP contribution is -2.27. The van der Waals surface area contributed by atoms with Crippen LogP contribution in [0.15, 0.2) is 30.5 Å². The molecule has 1 aromatic heterocycles. The maximum absolute atomic E-state index is 13.0. The maximum Gasteiger partial charge on any atom is 0.417 e. The molecule has 1 heterocycles. The molecule has 21 heavy (non-hydrogen) atoms. The number of hydrogen-bond donors (Lipinski definition) is 1. The average molecular weight is 296 g/mol. The second-order valence-corrected chi connectivity index (χ2v) is 5.76. The largest absolute Gasteiger partial charge is 0.417 e. The topological polar surface area (TPSA) is 42.0 Å². The van der Waals surface area contributed by atoms with E-state index in [2.05, 4.69) is 10.3 Å². The van der Waals surface area contributed by atoms with Crippen LogP contribution in [-0.4, -0.2) is 10.9 Å². The molecule has 0 unspecified atom stereocenters. The van der Waals surface area contributed by atoms with Crippen LogP contribution >= 0.6 is 0 Å². The molecule has 2 aromatic rings. The number of carbonyl (C=O) groups excluding carboxylic acids is 1. The molecule has 0 aliphatic heterocycles. The van der Waals surface area contributed by atoms with E-state index in [1.54, 1.807) is 20.8 Å². The molecule has 3 nitrogen and oxygen atoms in total. The number of anilines is 1. The number of fused-ring (bicyclic) bond motifs is 1. The fourth-order valence-corrected chi connectivity index (χ4v) is 1.83. The molecule has 6 heteroatoms. The fourth-order valence-electron chi connectivity index (χ4n) is 1.83. The number of hydrogen-bond acceptors (Lipinski definition) is 2. The van der Waals surface area contributed by atoms with Crippen molar-refractivity contribution in [3.8, 4) is 0 Å². The van der Waals surface area contributed by atoms with E-state index in [1.807, 2.05) is 0 Å². The van der Waals surface area contributed by atoms with Crippen LogP contribution in [0.3, 0.4) is 0 Å². The molecule has 112 valence electrons. The predicted octanol–water partition coefficient (Wildman–Crippen LogP) is 4.24. The summed E-state index contributed by atoms with van der Waals surface area (Å²) in [5.41, 5.74) is -1.01. The smallest absolute Gasteiger partial charge is 0.324 e. The Bertz CT molecular complexity index is 687. The van der Waals surface area contributed by atoms with Crippen LogP contribution in [-0.2, 0) is 11.0 Å². The van der Waals surface area contributed by atoms with Crippen LogP contribution in [0, 0.1) is 5.41 Å². The van der Waals surface area contributed by atoms with Gasteiger partial charge in [0.25, 0.3) is 0 Å². The van der Waals surface area contributed by atoms with E-state index in [0.717, 1.165) is 6.07 Å². The van der Waals surface area contributed by atoms with E-state index in [9.17, 15) is 18.0 Å². The summed E-state index contributed by atoms with van der Waals surface area (Å²) in [6.07, 6.45) is -3.07. The Labute approximate surface area is 120 Å². The van der Waals surface area contributed by atoms with Gasteiger partial charge in [0, 0.05) is 17.0 Å². The van der Waals surface area contributed by atoms with Crippen LogP contribution in [0.1, 0.15) is 26.3 Å². The number of rotatable bonds is 1. The second kappa shape index (κ2) is 5.02. The van der Waals surface area contributed by atoms with E-state index in [4.69, 9.17) is 0 Å². The van der Waals surface area contributed by atoms with Crippen molar-refractivity contribution in [1.82, 2.24) is 4.98 Å². The zero-order valence-corrected chi connectivity index (χ0v) is 11.9. The van der Waals surface area contributed by atoms with Crippen molar-refractivity contribution in [3.05, 3.63) is 36.0 Å². The molecule has 0 fully saturated rings. The van der Waals surface area contributed by atoms with Gasteiger partial charge in [0.15, 0.2) is 0 Å². The van der Waals surface area contributed by atoms with Crippen molar-refractivity contribution in [1.29, 1.82) is 0 Å². The lowest BCUT2D eigenvalue weighted by atomic mass is 9.95. The summed E-state index contributed by atoms with van der Waals surface area (Å²) < 4.78 is 39.0. The first-order valence-electron chi connectivity index (χ1n) is 6.37. The van der Waals surface area contributed by atoms with Crippen LogP contribution in [0.5, 0.6) is 0 Å². The molecular weight excluding hydrogens is 281 g/mol. The molecule has 0 saturated heterocycles. The molecule has 0 spiro atoms. The second-order valence-electron chi connectivity index (χ2n) is 5.76. The molecule has 1 N–H and O–H groups in total. The SMILES string of the molecule is CC(C)(C)C(=O)Nc1ccc(C(F)(F)F)c2cccnc12. The number of aromatic nitrogens is 1. The van der Waals surface area contributed by atoms with Crippen molar-refractivity contribution >= 4 is 22.5 Å². The lowest BCUT2D eigenvalue weighted by Gasteiger charge is -2.19. The number of amides is 1. The van der Waals surface area contributed by atoms with Gasteiger partial charge >= 0.3 is 6.18 Å². The molecule has 1 amide bonds. The number of halogens is 3. The van der Waals surface area contributed by atoms with Crippen molar-refractivity contribution in [2.24, 2.45) is 5.41 Å². The Morgan fingerprint density at radius 3 is 2.38 bits per heavy atom. The van der Waals surface area contributed by atoms with Gasteiger partial charge in [0.05, 0.1) is 16.8 Å². The Balaban J connectivity index is 2.56. The third kappa shape index (κ3) is 3.15. The Hall–Kier alpha value is -2.11. The number of nitrogens with zero attached hydrogens (tertiary/aromatic N) is 1. The minimum Gasteiger partial charge on any atom is -0.324 e. The number of alkyl halides is 3. The highest BCUT2D eigenvalue weighted by Crippen LogP contribution is 2.36. The third-order valence-electron chi connectivity index (χ3n) is 3.00. The van der Waals surface area contributed by atoms with Gasteiger partial charge in [-0.1, -0.05) is 26.8 Å². The highest BCUT2D eigenvalue weighted by Gasteiger charge is 2.33. The van der Waals surface area contributed by atoms with Gasteiger partial charge in [-0.3, -0.25) is 9.78 Å². The quantitative estimate of drug-likeness (QED) is 0.855. The number of benzene rings is 1. The first-order chi connectivity index (χ1) is 9.60. The summed E-state index contributed by atoms with van der Waals surface area (Å²) in [7, 11) is 0. The first-order valence-corrected chi connectivity index (χ1v) is 6.37. The number of carbonyl (C=O) groups is 1. The Morgan fingerprint density at radius 1 is 1.14 bits per heavy atom. The van der Waals surface area contributed by atoms with Crippen molar-refractivity contribution in [2.75, 3.05) is 5.32 Å². The zero-order valence-electron chi connectivity index (χ0n) is 11.9. The minimum absolute atomic E-state index is 0.0308. The van der Waals surface area contributed by atoms with Gasteiger partial charge < -0.3 is 5.32 Å². The zero-order chi connectivity index (χ0) is 15.8. The maximum atomic E-state index is 13.0. The molecule has 2 rings (SSSR count). The van der Waals surface area contributed by atoms with Crippen molar-refractivity contribution in [3.63, 3.8) is 0 Å². The van der Waals surface area contributed by atoms with Crippen molar-refractivity contribution < 1.29 is 18.0 Å². The van der Waals surface area contributed by atoms with Crippen molar-refractivity contribution in [2.45, 2.75) is 26.9 Å². The van der Waals surface area contributed by atoms with E-state index < -0.39 is 17.2 Å². The van der Waals surface area contributed by atoms with E-state index in [0.29, 0.717) is 0 Å². The average Bonchev–Trinajstić information content (AvgIpc) is 2.36. The molecule has 0 aliphatic carbocycles. The van der Waals surface area contributed by atoms with E-state index in [-0.39, 0.29) is 22.5 Å². The van der Waals surface area contributed by atoms with Crippen LogP contribution in [0.4, 0.5) is 18.9 Å². The summed E-state index contributed by atoms with van der Waals surface area (Å²) in [5.74, 6) is -0.283. The Morgan fingerprint density at radius 2 is 1.81 bits per heavy atom. The molecule has 1 aromatic carbocycles. The third-order valence-corrected chi connectivity index (χ3v) is 3.00. The molecule has 0 radical (unpaired) electrons. The van der Waals surface area contributed by atoms with Crippen LogP contribution in [0.25, 0.3) is 10.9 Å². The van der Waals surface area contributed by atoms with Gasteiger partial charge in [0.1, 0.15) is 0 Å². The highest BCUT2D eigenvalue weighted by molar-refractivity contribution is 6.03. The lowest BCUT2D eigenvalue weighted by molar-refractivity contribution is -0.136. The summed E-state index contributed by atoms with van der Waals surface area (Å²) in [6.45, 7) is 5.17. The molecule has 0 aliphatic rings. The fraction of sp³-hybridized carbons (Fsp3) is 0.333. The van der Waals surface area contributed by atoms with Gasteiger partial charge in [-0.25, -0.2) is 0 Å². The molecule has 0 atom stereocenters. The summed E-state index contributed by atoms with van der Waals surface area (Å²) >= 11 is 0. The normalized spacial score (nSPS) is 12.5. The minimum atomic E-state index is -4.46. The van der Waals surface area contributed by atoms with E-state index in [1.165, 1.54) is 24.4 Å². The monoisotopic (exact) mass is 296 g/mol. The number of pyridine rings is 1. The number of nitrogens with one attached hydrogen (secondary N) is 1. The van der Waals surface area contributed by atoms with Gasteiger partial charge in [-0.15, -0.1) is 0 Å². The standard InChI is InChI=1S/C15H15F3N2O/c1-14(2,3)13(21)20-11-7-6-10(15(16,17)18)9-5-4-8-19-12(9)11/h4-8H,1-3H3,(H,20,21). The molecular formula is C15H15F3N2O. The predicted molar refractivity (Wildman–Crippen MR) is 74.8 cm³/mol. The summed E-state index contributed by atoms with van der Waals surface area (Å²) in [4.78, 5) is 16.0. The summed E-state index contributed by atoms with van der Waals surface area (Å²) in [6, 6.07) is 4.98. The van der Waals surface area contributed by atoms with Gasteiger partial charge in [0.2, 0.25) is 5.91 Å². The first kappa shape index (κ1) is 15.3. The van der Waals surface area contributed by atoms with Gasteiger partial charge in [-0.05, 0) is 18.2 Å².